The van der Waals surface area contributed by atoms with E-state index in [1.807, 2.05) is 19.9 Å². The van der Waals surface area contributed by atoms with E-state index in [1.165, 1.54) is 0 Å². The molecule has 0 saturated heterocycles. The zero-order chi connectivity index (χ0) is 18.6. The van der Waals surface area contributed by atoms with Gasteiger partial charge < -0.3 is 15.2 Å². The fourth-order valence-electron chi connectivity index (χ4n) is 2.69. The molecule has 0 heterocycles. The molecular weight excluding hydrogens is 318 g/mol. The van der Waals surface area contributed by atoms with E-state index in [2.05, 4.69) is 5.32 Å². The molecule has 0 bridgehead atoms. The second kappa shape index (κ2) is 7.38. The highest BCUT2D eigenvalue weighted by Crippen LogP contribution is 2.28. The topological polar surface area (TPSA) is 75.6 Å². The van der Waals surface area contributed by atoms with E-state index in [4.69, 9.17) is 4.74 Å². The summed E-state index contributed by atoms with van der Waals surface area (Å²) in [5.41, 5.74) is 2.22. The first-order chi connectivity index (χ1) is 11.7. The van der Waals surface area contributed by atoms with Gasteiger partial charge in [-0.2, -0.15) is 0 Å². The SMILES string of the molecule is COc1cccc(C(C)(CC(=O)O)NC(=O)c2ccc(C)c(C)c2)c1. The Morgan fingerprint density at radius 2 is 1.84 bits per heavy atom. The van der Waals surface area contributed by atoms with E-state index < -0.39 is 11.5 Å². The van der Waals surface area contributed by atoms with Crippen LogP contribution >= 0.6 is 0 Å². The van der Waals surface area contributed by atoms with Crippen molar-refractivity contribution in [2.24, 2.45) is 0 Å². The lowest BCUT2D eigenvalue weighted by atomic mass is 9.88. The van der Waals surface area contributed by atoms with Gasteiger partial charge in [-0.05, 0) is 61.7 Å². The highest BCUT2D eigenvalue weighted by atomic mass is 16.5. The van der Waals surface area contributed by atoms with Crippen LogP contribution in [0.3, 0.4) is 0 Å². The summed E-state index contributed by atoms with van der Waals surface area (Å²) in [6.07, 6.45) is -0.239. The van der Waals surface area contributed by atoms with Crippen molar-refractivity contribution in [3.63, 3.8) is 0 Å². The van der Waals surface area contributed by atoms with E-state index in [-0.39, 0.29) is 12.3 Å². The number of nitrogens with one attached hydrogen (secondary N) is 1. The molecule has 5 heteroatoms. The summed E-state index contributed by atoms with van der Waals surface area (Å²) in [6, 6.07) is 12.5. The molecule has 25 heavy (non-hydrogen) atoms. The van der Waals surface area contributed by atoms with Crippen LogP contribution in [0.1, 0.15) is 40.4 Å². The maximum Gasteiger partial charge on any atom is 0.306 e. The Labute approximate surface area is 147 Å². The van der Waals surface area contributed by atoms with Gasteiger partial charge in [-0.3, -0.25) is 9.59 Å². The lowest BCUT2D eigenvalue weighted by Gasteiger charge is -2.30. The molecule has 0 aliphatic rings. The number of carboxylic acids is 1. The maximum absolute atomic E-state index is 12.7. The Kier molecular flexibility index (Phi) is 5.47. The van der Waals surface area contributed by atoms with Gasteiger partial charge in [-0.15, -0.1) is 0 Å². The van der Waals surface area contributed by atoms with Crippen molar-refractivity contribution in [1.29, 1.82) is 0 Å². The maximum atomic E-state index is 12.7. The highest BCUT2D eigenvalue weighted by molar-refractivity contribution is 5.95. The monoisotopic (exact) mass is 341 g/mol. The highest BCUT2D eigenvalue weighted by Gasteiger charge is 2.32. The first-order valence-corrected chi connectivity index (χ1v) is 8.01. The van der Waals surface area contributed by atoms with Gasteiger partial charge >= 0.3 is 5.97 Å². The molecule has 2 rings (SSSR count). The Balaban J connectivity index is 2.37. The number of amides is 1. The van der Waals surface area contributed by atoms with Crippen LogP contribution in [0.4, 0.5) is 0 Å². The van der Waals surface area contributed by atoms with E-state index in [1.54, 1.807) is 50.4 Å². The van der Waals surface area contributed by atoms with Crippen LogP contribution in [0.5, 0.6) is 5.75 Å². The van der Waals surface area contributed by atoms with Crippen molar-refractivity contribution in [3.8, 4) is 5.75 Å². The first-order valence-electron chi connectivity index (χ1n) is 8.01. The zero-order valence-corrected chi connectivity index (χ0v) is 14.9. The molecule has 2 aromatic rings. The minimum Gasteiger partial charge on any atom is -0.497 e. The Bertz CT molecular complexity index is 800. The number of benzene rings is 2. The number of methoxy groups -OCH3 is 1. The van der Waals surface area contributed by atoms with Crippen LogP contribution in [0.15, 0.2) is 42.5 Å². The lowest BCUT2D eigenvalue weighted by Crippen LogP contribution is -2.45. The van der Waals surface area contributed by atoms with E-state index in [0.29, 0.717) is 16.9 Å². The number of aryl methyl sites for hydroxylation is 2. The number of aliphatic carboxylic acids is 1. The average molecular weight is 341 g/mol. The molecule has 0 radical (unpaired) electrons. The fraction of sp³-hybridized carbons (Fsp3) is 0.300. The average Bonchev–Trinajstić information content (AvgIpc) is 2.56. The fourth-order valence-corrected chi connectivity index (χ4v) is 2.69. The van der Waals surface area contributed by atoms with Crippen molar-refractivity contribution in [2.75, 3.05) is 7.11 Å². The van der Waals surface area contributed by atoms with Gasteiger partial charge in [0.05, 0.1) is 19.1 Å². The molecule has 2 aromatic carbocycles. The van der Waals surface area contributed by atoms with Crippen LogP contribution < -0.4 is 10.1 Å². The molecule has 132 valence electrons. The molecule has 0 aliphatic carbocycles. The smallest absolute Gasteiger partial charge is 0.306 e. The molecular formula is C20H23NO4. The number of rotatable bonds is 6. The van der Waals surface area contributed by atoms with E-state index in [9.17, 15) is 14.7 Å². The van der Waals surface area contributed by atoms with Crippen LogP contribution in [0.2, 0.25) is 0 Å². The van der Waals surface area contributed by atoms with Crippen LogP contribution in [0.25, 0.3) is 0 Å². The minimum absolute atomic E-state index is 0.239. The quantitative estimate of drug-likeness (QED) is 0.844. The lowest BCUT2D eigenvalue weighted by molar-refractivity contribution is -0.138. The predicted octanol–water partition coefficient (Wildman–Crippen LogP) is 3.43. The van der Waals surface area contributed by atoms with Crippen LogP contribution in [0, 0.1) is 13.8 Å². The molecule has 0 fully saturated rings. The molecule has 1 amide bonds. The van der Waals surface area contributed by atoms with Gasteiger partial charge in [-0.25, -0.2) is 0 Å². The Hall–Kier alpha value is -2.82. The summed E-state index contributed by atoms with van der Waals surface area (Å²) in [6.45, 7) is 5.61. The number of ether oxygens (including phenoxy) is 1. The van der Waals surface area contributed by atoms with Gasteiger partial charge in [0.2, 0.25) is 0 Å². The number of hydrogen-bond acceptors (Lipinski definition) is 3. The molecule has 5 nitrogen and oxygen atoms in total. The predicted molar refractivity (Wildman–Crippen MR) is 96.0 cm³/mol. The Morgan fingerprint density at radius 1 is 1.12 bits per heavy atom. The third-order valence-electron chi connectivity index (χ3n) is 4.37. The molecule has 0 saturated carbocycles. The number of hydrogen-bond donors (Lipinski definition) is 2. The summed E-state index contributed by atoms with van der Waals surface area (Å²) in [5, 5.41) is 12.2. The first kappa shape index (κ1) is 18.5. The van der Waals surface area contributed by atoms with E-state index in [0.717, 1.165) is 11.1 Å². The third kappa shape index (κ3) is 4.38. The molecule has 2 N–H and O–H groups in total. The molecule has 1 atom stereocenters. The summed E-state index contributed by atoms with van der Waals surface area (Å²) >= 11 is 0. The normalized spacial score (nSPS) is 13.0. The van der Waals surface area contributed by atoms with Gasteiger partial charge in [0.25, 0.3) is 5.91 Å². The molecule has 0 aromatic heterocycles. The van der Waals surface area contributed by atoms with Gasteiger partial charge in [-0.1, -0.05) is 18.2 Å². The van der Waals surface area contributed by atoms with E-state index >= 15 is 0 Å². The molecule has 0 aliphatic heterocycles. The van der Waals surface area contributed by atoms with Crippen molar-refractivity contribution in [3.05, 3.63) is 64.7 Å². The number of carbonyl (C=O) groups excluding carboxylic acids is 1. The molecule has 1 unspecified atom stereocenters. The third-order valence-corrected chi connectivity index (χ3v) is 4.37. The second-order valence-corrected chi connectivity index (χ2v) is 6.39. The van der Waals surface area contributed by atoms with Crippen molar-refractivity contribution in [2.45, 2.75) is 32.7 Å². The van der Waals surface area contributed by atoms with Crippen LogP contribution in [-0.2, 0) is 10.3 Å². The number of carboxylic acid groups (broad SMARTS) is 1. The van der Waals surface area contributed by atoms with Crippen LogP contribution in [-0.4, -0.2) is 24.1 Å². The standard InChI is InChI=1S/C20H23NO4/c1-13-8-9-15(10-14(13)2)19(24)21-20(3,12-18(22)23)16-6-5-7-17(11-16)25-4/h5-11H,12H2,1-4H3,(H,21,24)(H,22,23). The summed E-state index contributed by atoms with van der Waals surface area (Å²) in [5.74, 6) is -0.699. The van der Waals surface area contributed by atoms with Crippen molar-refractivity contribution in [1.82, 2.24) is 5.32 Å². The van der Waals surface area contributed by atoms with Gasteiger partial charge in [0, 0.05) is 5.56 Å². The largest absolute Gasteiger partial charge is 0.497 e. The zero-order valence-electron chi connectivity index (χ0n) is 14.9. The van der Waals surface area contributed by atoms with Gasteiger partial charge in [0.1, 0.15) is 5.75 Å². The summed E-state index contributed by atoms with van der Waals surface area (Å²) < 4.78 is 5.21. The van der Waals surface area contributed by atoms with Crippen molar-refractivity contribution < 1.29 is 19.4 Å². The van der Waals surface area contributed by atoms with Crippen molar-refractivity contribution >= 4 is 11.9 Å². The second-order valence-electron chi connectivity index (χ2n) is 6.39. The Morgan fingerprint density at radius 3 is 2.44 bits per heavy atom. The summed E-state index contributed by atoms with van der Waals surface area (Å²) in [7, 11) is 1.54. The van der Waals surface area contributed by atoms with Gasteiger partial charge in [0.15, 0.2) is 0 Å². The minimum atomic E-state index is -1.06. The number of carbonyl (C=O) groups is 2. The molecule has 0 spiro atoms. The summed E-state index contributed by atoms with van der Waals surface area (Å²) in [4.78, 5) is 24.1.